The van der Waals surface area contributed by atoms with E-state index in [9.17, 15) is 9.18 Å². The molecule has 6 rings (SSSR count). The summed E-state index contributed by atoms with van der Waals surface area (Å²) in [6.45, 7) is 1.89. The van der Waals surface area contributed by atoms with Gasteiger partial charge in [-0.3, -0.25) is 4.79 Å². The molecular weight excluding hydrogens is 509 g/mol. The SMILES string of the molecule is COc1cccc([C@@H](Oc2ccc3c(cnn3-c3ccc(F)cc3)c2)[C@H](C)NC(=O)c2cc3ccccn3n2)c1. The van der Waals surface area contributed by atoms with Crippen LogP contribution in [0.1, 0.15) is 29.1 Å². The molecule has 0 fully saturated rings. The molecule has 1 N–H and O–H groups in total. The first-order chi connectivity index (χ1) is 19.5. The molecule has 3 aromatic carbocycles. The van der Waals surface area contributed by atoms with Gasteiger partial charge in [-0.1, -0.05) is 18.2 Å². The molecule has 0 spiro atoms. The molecule has 8 nitrogen and oxygen atoms in total. The number of ether oxygens (including phenoxy) is 2. The monoisotopic (exact) mass is 535 g/mol. The second kappa shape index (κ2) is 10.5. The van der Waals surface area contributed by atoms with Gasteiger partial charge in [-0.15, -0.1) is 0 Å². The van der Waals surface area contributed by atoms with E-state index in [4.69, 9.17) is 9.47 Å². The molecule has 3 heterocycles. The molecule has 40 heavy (non-hydrogen) atoms. The van der Waals surface area contributed by atoms with Crippen LogP contribution in [0.5, 0.6) is 11.5 Å². The number of carbonyl (C=O) groups excluding carboxylic acids is 1. The summed E-state index contributed by atoms with van der Waals surface area (Å²) < 4.78 is 28.8. The summed E-state index contributed by atoms with van der Waals surface area (Å²) in [6.07, 6.45) is 2.99. The van der Waals surface area contributed by atoms with Gasteiger partial charge in [0.2, 0.25) is 0 Å². The molecule has 0 radical (unpaired) electrons. The molecule has 0 saturated carbocycles. The zero-order valence-corrected chi connectivity index (χ0v) is 21.9. The Balaban J connectivity index is 1.29. The molecule has 0 aliphatic heterocycles. The minimum atomic E-state index is -0.541. The first kappa shape index (κ1) is 25.1. The predicted octanol–water partition coefficient (Wildman–Crippen LogP) is 5.76. The van der Waals surface area contributed by atoms with E-state index in [1.165, 1.54) is 12.1 Å². The van der Waals surface area contributed by atoms with Gasteiger partial charge in [0, 0.05) is 11.6 Å². The smallest absolute Gasteiger partial charge is 0.272 e. The summed E-state index contributed by atoms with van der Waals surface area (Å²) in [5.41, 5.74) is 3.59. The van der Waals surface area contributed by atoms with Crippen molar-refractivity contribution in [3.63, 3.8) is 0 Å². The van der Waals surface area contributed by atoms with Crippen LogP contribution in [0.2, 0.25) is 0 Å². The molecule has 0 unspecified atom stereocenters. The van der Waals surface area contributed by atoms with Crippen molar-refractivity contribution < 1.29 is 18.7 Å². The maximum absolute atomic E-state index is 13.4. The maximum atomic E-state index is 13.4. The Bertz CT molecular complexity index is 1780. The highest BCUT2D eigenvalue weighted by molar-refractivity contribution is 5.93. The van der Waals surface area contributed by atoms with Gasteiger partial charge in [0.15, 0.2) is 5.69 Å². The predicted molar refractivity (Wildman–Crippen MR) is 150 cm³/mol. The molecule has 2 atom stereocenters. The summed E-state index contributed by atoms with van der Waals surface area (Å²) in [5.74, 6) is 0.680. The number of pyridine rings is 1. The Morgan fingerprint density at radius 3 is 2.60 bits per heavy atom. The Hall–Kier alpha value is -5.18. The van der Waals surface area contributed by atoms with Crippen molar-refractivity contribution in [2.45, 2.75) is 19.1 Å². The number of methoxy groups -OCH3 is 1. The number of hydrogen-bond donors (Lipinski definition) is 1. The number of aromatic nitrogens is 4. The molecule has 0 aliphatic rings. The van der Waals surface area contributed by atoms with Gasteiger partial charge in [-0.05, 0) is 85.3 Å². The Morgan fingerprint density at radius 2 is 1.80 bits per heavy atom. The minimum Gasteiger partial charge on any atom is -0.497 e. The fraction of sp³-hybridized carbons (Fsp3) is 0.129. The zero-order valence-electron chi connectivity index (χ0n) is 21.9. The van der Waals surface area contributed by atoms with Gasteiger partial charge in [-0.2, -0.15) is 10.2 Å². The molecule has 6 aromatic rings. The fourth-order valence-electron chi connectivity index (χ4n) is 4.70. The summed E-state index contributed by atoms with van der Waals surface area (Å²) in [5, 5.41) is 12.8. The highest BCUT2D eigenvalue weighted by atomic mass is 19.1. The number of rotatable bonds is 8. The zero-order chi connectivity index (χ0) is 27.6. The van der Waals surface area contributed by atoms with E-state index in [2.05, 4.69) is 15.5 Å². The summed E-state index contributed by atoms with van der Waals surface area (Å²) in [4.78, 5) is 13.2. The molecule has 0 saturated heterocycles. The second-order valence-electron chi connectivity index (χ2n) is 9.43. The quantitative estimate of drug-likeness (QED) is 0.268. The van der Waals surface area contributed by atoms with Crippen LogP contribution < -0.4 is 14.8 Å². The molecule has 0 bridgehead atoms. The summed E-state index contributed by atoms with van der Waals surface area (Å²) >= 11 is 0. The number of carbonyl (C=O) groups is 1. The number of benzene rings is 3. The Kier molecular flexibility index (Phi) is 6.61. The number of nitrogens with one attached hydrogen (secondary N) is 1. The summed E-state index contributed by atoms with van der Waals surface area (Å²) in [7, 11) is 1.61. The Morgan fingerprint density at radius 1 is 0.950 bits per heavy atom. The maximum Gasteiger partial charge on any atom is 0.272 e. The van der Waals surface area contributed by atoms with Crippen molar-refractivity contribution in [3.05, 3.63) is 120 Å². The van der Waals surface area contributed by atoms with Crippen molar-refractivity contribution >= 4 is 22.3 Å². The van der Waals surface area contributed by atoms with Gasteiger partial charge in [0.05, 0.1) is 36.1 Å². The first-order valence-electron chi connectivity index (χ1n) is 12.8. The van der Waals surface area contributed by atoms with Crippen LogP contribution in [0.3, 0.4) is 0 Å². The molecule has 0 aliphatic carbocycles. The van der Waals surface area contributed by atoms with E-state index >= 15 is 0 Å². The van der Waals surface area contributed by atoms with Crippen LogP contribution in [0.15, 0.2) is 103 Å². The van der Waals surface area contributed by atoms with Crippen LogP contribution >= 0.6 is 0 Å². The van der Waals surface area contributed by atoms with Crippen molar-refractivity contribution in [2.24, 2.45) is 0 Å². The van der Waals surface area contributed by atoms with E-state index in [-0.39, 0.29) is 11.7 Å². The van der Waals surface area contributed by atoms with Crippen molar-refractivity contribution in [3.8, 4) is 17.2 Å². The van der Waals surface area contributed by atoms with Crippen LogP contribution in [-0.4, -0.2) is 38.5 Å². The van der Waals surface area contributed by atoms with Crippen LogP contribution in [0.25, 0.3) is 22.1 Å². The molecule has 1 amide bonds. The first-order valence-corrected chi connectivity index (χ1v) is 12.8. The lowest BCUT2D eigenvalue weighted by atomic mass is 10.0. The minimum absolute atomic E-state index is 0.302. The van der Waals surface area contributed by atoms with Crippen LogP contribution in [-0.2, 0) is 0 Å². The topological polar surface area (TPSA) is 82.7 Å². The van der Waals surface area contributed by atoms with Gasteiger partial charge in [0.25, 0.3) is 5.91 Å². The number of fused-ring (bicyclic) bond motifs is 2. The Labute approximate surface area is 229 Å². The highest BCUT2D eigenvalue weighted by Crippen LogP contribution is 2.30. The second-order valence-corrected chi connectivity index (χ2v) is 9.43. The largest absolute Gasteiger partial charge is 0.497 e. The lowest BCUT2D eigenvalue weighted by molar-refractivity contribution is 0.0876. The van der Waals surface area contributed by atoms with Gasteiger partial charge in [-0.25, -0.2) is 13.6 Å². The van der Waals surface area contributed by atoms with Gasteiger partial charge >= 0.3 is 0 Å². The van der Waals surface area contributed by atoms with E-state index in [1.54, 1.807) is 46.9 Å². The number of amides is 1. The average molecular weight is 536 g/mol. The molecule has 9 heteroatoms. The third kappa shape index (κ3) is 4.96. The number of hydrogen-bond acceptors (Lipinski definition) is 5. The molecular formula is C31H26FN5O3. The lowest BCUT2D eigenvalue weighted by Gasteiger charge is -2.26. The van der Waals surface area contributed by atoms with E-state index < -0.39 is 12.1 Å². The van der Waals surface area contributed by atoms with Crippen LogP contribution in [0, 0.1) is 5.82 Å². The third-order valence-corrected chi connectivity index (χ3v) is 6.71. The van der Waals surface area contributed by atoms with E-state index in [1.807, 2.05) is 67.6 Å². The number of nitrogens with zero attached hydrogens (tertiary/aromatic N) is 4. The lowest BCUT2D eigenvalue weighted by Crippen LogP contribution is -2.39. The van der Waals surface area contributed by atoms with Crippen LogP contribution in [0.4, 0.5) is 4.39 Å². The van der Waals surface area contributed by atoms with E-state index in [0.717, 1.165) is 27.7 Å². The van der Waals surface area contributed by atoms with Crippen molar-refractivity contribution in [1.82, 2.24) is 24.7 Å². The van der Waals surface area contributed by atoms with Gasteiger partial charge in [0.1, 0.15) is 23.4 Å². The molecule has 3 aromatic heterocycles. The average Bonchev–Trinajstić information content (AvgIpc) is 3.61. The fourth-order valence-corrected chi connectivity index (χ4v) is 4.70. The number of halogens is 1. The van der Waals surface area contributed by atoms with Crippen molar-refractivity contribution in [1.29, 1.82) is 0 Å². The standard InChI is InChI=1S/C31H26FN5O3/c1-20(34-31(38)28-18-25-7-3-4-15-36(25)35-28)30(21-6-5-8-26(16-21)39-2)40-27-13-14-29-22(17-27)19-33-37(29)24-11-9-23(32)10-12-24/h3-20,30H,1-2H3,(H,34,38)/t20-,30-/m0/s1. The normalized spacial score (nSPS) is 12.8. The van der Waals surface area contributed by atoms with Gasteiger partial charge < -0.3 is 14.8 Å². The third-order valence-electron chi connectivity index (χ3n) is 6.71. The molecule has 200 valence electrons. The van der Waals surface area contributed by atoms with Crippen molar-refractivity contribution in [2.75, 3.05) is 7.11 Å². The summed E-state index contributed by atoms with van der Waals surface area (Å²) in [6, 6.07) is 26.4. The highest BCUT2D eigenvalue weighted by Gasteiger charge is 2.25. The van der Waals surface area contributed by atoms with E-state index in [0.29, 0.717) is 17.2 Å².